The summed E-state index contributed by atoms with van der Waals surface area (Å²) in [5.74, 6) is 0. The Balaban J connectivity index is 3.11. The summed E-state index contributed by atoms with van der Waals surface area (Å²) in [5, 5.41) is 1.71. The predicted molar refractivity (Wildman–Crippen MR) is 34.4 cm³/mol. The molecule has 0 N–H and O–H groups in total. The second kappa shape index (κ2) is 2.33. The Hall–Kier alpha value is -0.280. The van der Waals surface area contributed by atoms with Gasteiger partial charge in [-0.1, -0.05) is 11.5 Å². The summed E-state index contributed by atoms with van der Waals surface area (Å²) in [6.07, 6.45) is 0. The molecule has 1 rings (SSSR count). The van der Waals surface area contributed by atoms with Crippen molar-refractivity contribution in [3.05, 3.63) is 21.8 Å². The van der Waals surface area contributed by atoms with E-state index >= 15 is 0 Å². The summed E-state index contributed by atoms with van der Waals surface area (Å²) in [6, 6.07) is 1.75. The molecule has 0 radical (unpaired) electrons. The number of aromatic nitrogens is 1. The molecule has 1 heterocycles. The zero-order chi connectivity index (χ0) is 5.98. The number of halogens is 1. The molecule has 8 heavy (non-hydrogen) atoms. The molecule has 0 spiro atoms. The summed E-state index contributed by atoms with van der Waals surface area (Å²) in [4.78, 5) is 10.5. The molecule has 0 unspecified atom stereocenters. The van der Waals surface area contributed by atoms with E-state index in [-0.39, 0.29) is 11.6 Å². The average molecular weight is 150 g/mol. The Kier molecular flexibility index (Phi) is 1.70. The molecule has 0 saturated carbocycles. The van der Waals surface area contributed by atoms with Crippen LogP contribution in [-0.2, 0) is 6.00 Å². The van der Waals surface area contributed by atoms with Crippen molar-refractivity contribution < 1.29 is 0 Å². The lowest BCUT2D eigenvalue weighted by Gasteiger charge is -1.84. The topological polar surface area (TPSA) is 22.0 Å². The monoisotopic (exact) mass is 149 g/mol. The highest BCUT2D eigenvalue weighted by Crippen LogP contribution is 1.92. The van der Waals surface area contributed by atoms with Gasteiger partial charge in [-0.2, -0.15) is 0 Å². The number of alkyl halides is 1. The van der Waals surface area contributed by atoms with Crippen LogP contribution in [0.25, 0.3) is 0 Å². The van der Waals surface area contributed by atoms with Crippen molar-refractivity contribution in [1.82, 2.24) is 3.96 Å². The van der Waals surface area contributed by atoms with Crippen LogP contribution >= 0.6 is 23.1 Å². The van der Waals surface area contributed by atoms with Crippen molar-refractivity contribution in [2.75, 3.05) is 0 Å². The average Bonchev–Trinajstić information content (AvgIpc) is 2.14. The third kappa shape index (κ3) is 0.928. The number of rotatable bonds is 1. The molecule has 0 atom stereocenters. The van der Waals surface area contributed by atoms with Gasteiger partial charge in [-0.3, -0.25) is 4.79 Å². The van der Waals surface area contributed by atoms with Gasteiger partial charge in [0, 0.05) is 11.4 Å². The molecule has 0 aliphatic heterocycles. The van der Waals surface area contributed by atoms with Crippen LogP contribution < -0.4 is 5.56 Å². The molecule has 0 amide bonds. The molecule has 0 aromatic carbocycles. The van der Waals surface area contributed by atoms with E-state index in [1.807, 2.05) is 0 Å². The molecule has 0 fully saturated rings. The minimum atomic E-state index is -0.0231. The highest BCUT2D eigenvalue weighted by molar-refractivity contribution is 7.04. The standard InChI is InChI=1S/C4H4ClNOS/c5-3-6-4(7)1-2-8-6/h1-2H,3H2. The van der Waals surface area contributed by atoms with Crippen molar-refractivity contribution in [3.8, 4) is 0 Å². The Morgan fingerprint density at radius 2 is 2.62 bits per heavy atom. The van der Waals surface area contributed by atoms with E-state index in [4.69, 9.17) is 11.6 Å². The maximum absolute atomic E-state index is 10.5. The summed E-state index contributed by atoms with van der Waals surface area (Å²) in [7, 11) is 0. The van der Waals surface area contributed by atoms with Crippen LogP contribution in [0.2, 0.25) is 0 Å². The van der Waals surface area contributed by atoms with Crippen LogP contribution in [0, 0.1) is 0 Å². The highest BCUT2D eigenvalue weighted by atomic mass is 35.5. The van der Waals surface area contributed by atoms with Crippen LogP contribution in [0.4, 0.5) is 0 Å². The lowest BCUT2D eigenvalue weighted by molar-refractivity contribution is 0.945. The molecule has 2 nitrogen and oxygen atoms in total. The summed E-state index contributed by atoms with van der Waals surface area (Å²) in [5.41, 5.74) is -0.0231. The third-order valence-corrected chi connectivity index (χ3v) is 1.96. The highest BCUT2D eigenvalue weighted by Gasteiger charge is 1.89. The zero-order valence-corrected chi connectivity index (χ0v) is 5.58. The molecule has 0 bridgehead atoms. The van der Waals surface area contributed by atoms with Crippen molar-refractivity contribution in [1.29, 1.82) is 0 Å². The molecule has 0 aliphatic rings. The summed E-state index contributed by atoms with van der Waals surface area (Å²) >= 11 is 6.67. The van der Waals surface area contributed by atoms with Gasteiger partial charge in [0.15, 0.2) is 0 Å². The fraction of sp³-hybridized carbons (Fsp3) is 0.250. The second-order valence-corrected chi connectivity index (χ2v) is 2.41. The van der Waals surface area contributed by atoms with Crippen molar-refractivity contribution >= 4 is 23.1 Å². The Morgan fingerprint density at radius 1 is 1.88 bits per heavy atom. The van der Waals surface area contributed by atoms with E-state index in [0.717, 1.165) is 0 Å². The largest absolute Gasteiger partial charge is 0.268 e. The SMILES string of the molecule is O=c1ccsn1CCl. The van der Waals surface area contributed by atoms with E-state index in [1.165, 1.54) is 21.6 Å². The number of hydrogen-bond acceptors (Lipinski definition) is 2. The van der Waals surface area contributed by atoms with Crippen LogP contribution in [-0.4, -0.2) is 3.96 Å². The van der Waals surface area contributed by atoms with Gasteiger partial charge in [0.2, 0.25) is 0 Å². The maximum Gasteiger partial charge on any atom is 0.261 e. The van der Waals surface area contributed by atoms with E-state index in [1.54, 1.807) is 5.38 Å². The molecule has 1 aromatic rings. The molecule has 0 saturated heterocycles. The molecular weight excluding hydrogens is 146 g/mol. The normalized spacial score (nSPS) is 9.62. The first-order valence-electron chi connectivity index (χ1n) is 2.05. The minimum absolute atomic E-state index is 0.0231. The maximum atomic E-state index is 10.5. The predicted octanol–water partition coefficient (Wildman–Crippen LogP) is 1.11. The molecular formula is C4H4ClNOS. The van der Waals surface area contributed by atoms with Crippen molar-refractivity contribution in [2.45, 2.75) is 6.00 Å². The van der Waals surface area contributed by atoms with Crippen LogP contribution in [0.3, 0.4) is 0 Å². The van der Waals surface area contributed by atoms with Gasteiger partial charge < -0.3 is 0 Å². The summed E-state index contributed by atoms with van der Waals surface area (Å²) in [6.45, 7) is 0. The van der Waals surface area contributed by atoms with Gasteiger partial charge in [-0.05, 0) is 0 Å². The van der Waals surface area contributed by atoms with E-state index in [0.29, 0.717) is 0 Å². The van der Waals surface area contributed by atoms with Gasteiger partial charge in [0.05, 0.1) is 0 Å². The van der Waals surface area contributed by atoms with E-state index in [2.05, 4.69) is 0 Å². The number of nitrogens with zero attached hydrogens (tertiary/aromatic N) is 1. The van der Waals surface area contributed by atoms with Gasteiger partial charge in [0.1, 0.15) is 6.00 Å². The van der Waals surface area contributed by atoms with Crippen molar-refractivity contribution in [2.24, 2.45) is 0 Å². The Morgan fingerprint density at radius 3 is 2.88 bits per heavy atom. The first-order chi connectivity index (χ1) is 3.84. The van der Waals surface area contributed by atoms with Crippen LogP contribution in [0.5, 0.6) is 0 Å². The molecule has 0 aliphatic carbocycles. The Bertz CT molecular complexity index is 216. The fourth-order valence-corrected chi connectivity index (χ4v) is 1.22. The lowest BCUT2D eigenvalue weighted by Crippen LogP contribution is -2.08. The quantitative estimate of drug-likeness (QED) is 0.549. The lowest BCUT2D eigenvalue weighted by atomic mass is 10.7. The first kappa shape index (κ1) is 5.85. The van der Waals surface area contributed by atoms with Crippen LogP contribution in [0.1, 0.15) is 0 Å². The van der Waals surface area contributed by atoms with Gasteiger partial charge in [0.25, 0.3) is 5.56 Å². The molecule has 4 heteroatoms. The molecule has 1 aromatic heterocycles. The van der Waals surface area contributed by atoms with Gasteiger partial charge >= 0.3 is 0 Å². The Labute approximate surface area is 55.5 Å². The fourth-order valence-electron chi connectivity index (χ4n) is 0.384. The third-order valence-electron chi connectivity index (χ3n) is 0.753. The van der Waals surface area contributed by atoms with Gasteiger partial charge in [-0.25, -0.2) is 3.96 Å². The van der Waals surface area contributed by atoms with E-state index in [9.17, 15) is 4.79 Å². The minimum Gasteiger partial charge on any atom is -0.268 e. The second-order valence-electron chi connectivity index (χ2n) is 1.24. The zero-order valence-electron chi connectivity index (χ0n) is 4.00. The van der Waals surface area contributed by atoms with Crippen molar-refractivity contribution in [3.63, 3.8) is 0 Å². The smallest absolute Gasteiger partial charge is 0.261 e. The first-order valence-corrected chi connectivity index (χ1v) is 3.42. The number of hydrogen-bond donors (Lipinski definition) is 0. The molecule has 44 valence electrons. The van der Waals surface area contributed by atoms with E-state index < -0.39 is 0 Å². The summed E-state index contributed by atoms with van der Waals surface area (Å²) < 4.78 is 1.46. The van der Waals surface area contributed by atoms with Gasteiger partial charge in [-0.15, -0.1) is 11.6 Å². The van der Waals surface area contributed by atoms with Crippen LogP contribution in [0.15, 0.2) is 16.2 Å².